The molecule has 0 aliphatic heterocycles. The van der Waals surface area contributed by atoms with Crippen molar-refractivity contribution in [3.63, 3.8) is 0 Å². The number of rotatable bonds is 10. The van der Waals surface area contributed by atoms with Gasteiger partial charge >= 0.3 is 5.97 Å². The molecule has 38 heavy (non-hydrogen) atoms. The van der Waals surface area contributed by atoms with E-state index in [1.54, 1.807) is 18.2 Å². The fourth-order valence-electron chi connectivity index (χ4n) is 3.33. The van der Waals surface area contributed by atoms with Gasteiger partial charge in [-0.25, -0.2) is 15.2 Å². The van der Waals surface area contributed by atoms with Gasteiger partial charge in [-0.2, -0.15) is 5.10 Å². The number of aromatic nitrogens is 1. The number of carboxylic acid groups (broad SMARTS) is 1. The number of anilines is 2. The maximum absolute atomic E-state index is 12.5. The Balaban J connectivity index is 1.37. The summed E-state index contributed by atoms with van der Waals surface area (Å²) in [6.45, 7) is 1.48. The number of carbonyl (C=O) groups is 2. The lowest BCUT2D eigenvalue weighted by Crippen LogP contribution is -2.17. The van der Waals surface area contributed by atoms with Crippen LogP contribution >= 0.6 is 22.9 Å². The highest BCUT2D eigenvalue weighted by Gasteiger charge is 2.13. The number of carboxylic acids is 1. The molecule has 194 valence electrons. The highest BCUT2D eigenvalue weighted by molar-refractivity contribution is 7.14. The zero-order chi connectivity index (χ0) is 27.1. The average Bonchev–Trinajstić information content (AvgIpc) is 3.37. The standard InChI is InChI=1S/C27H23ClN4O5S/c1-16-3-9-20(10-4-16)30-27-31-22(15-38-27)18-5-7-19(8-6-18)26(35)32-29-13-17-11-21(28)25(23(12-17)36-2)37-14-24(33)34/h3-13,15H,14H2,1-2H3,(H,30,31)(H,32,35)(H,33,34)/b29-13-. The van der Waals surface area contributed by atoms with Crippen molar-refractivity contribution in [2.45, 2.75) is 6.92 Å². The van der Waals surface area contributed by atoms with Gasteiger partial charge in [0.1, 0.15) is 0 Å². The molecule has 0 bridgehead atoms. The van der Waals surface area contributed by atoms with E-state index in [0.717, 1.165) is 22.1 Å². The number of hydrogen-bond donors (Lipinski definition) is 3. The average molecular weight is 551 g/mol. The number of benzene rings is 3. The predicted molar refractivity (Wildman–Crippen MR) is 148 cm³/mol. The van der Waals surface area contributed by atoms with Crippen molar-refractivity contribution in [2.24, 2.45) is 5.10 Å². The zero-order valence-electron chi connectivity index (χ0n) is 20.4. The van der Waals surface area contributed by atoms with E-state index in [1.165, 1.54) is 36.3 Å². The van der Waals surface area contributed by atoms with Crippen molar-refractivity contribution >= 4 is 51.8 Å². The number of hydrazone groups is 1. The summed E-state index contributed by atoms with van der Waals surface area (Å²) in [5.74, 6) is -1.19. The summed E-state index contributed by atoms with van der Waals surface area (Å²) in [7, 11) is 1.40. The van der Waals surface area contributed by atoms with Gasteiger partial charge in [-0.3, -0.25) is 4.79 Å². The summed E-state index contributed by atoms with van der Waals surface area (Å²) >= 11 is 7.69. The van der Waals surface area contributed by atoms with E-state index >= 15 is 0 Å². The van der Waals surface area contributed by atoms with E-state index in [0.29, 0.717) is 11.1 Å². The number of aliphatic carboxylic acids is 1. The van der Waals surface area contributed by atoms with Crippen molar-refractivity contribution in [1.29, 1.82) is 0 Å². The number of nitrogens with one attached hydrogen (secondary N) is 2. The van der Waals surface area contributed by atoms with Crippen LogP contribution in [-0.4, -0.2) is 41.9 Å². The molecule has 1 aromatic heterocycles. The van der Waals surface area contributed by atoms with Crippen molar-refractivity contribution < 1.29 is 24.2 Å². The molecule has 9 nitrogen and oxygen atoms in total. The lowest BCUT2D eigenvalue weighted by atomic mass is 10.1. The Morgan fingerprint density at radius 1 is 1.13 bits per heavy atom. The third-order valence-corrected chi connectivity index (χ3v) is 6.26. The fraction of sp³-hybridized carbons (Fsp3) is 0.111. The van der Waals surface area contributed by atoms with Gasteiger partial charge < -0.3 is 19.9 Å². The van der Waals surface area contributed by atoms with Crippen LogP contribution in [0.25, 0.3) is 11.3 Å². The number of thiazole rings is 1. The number of aryl methyl sites for hydroxylation is 1. The molecule has 0 atom stereocenters. The first-order chi connectivity index (χ1) is 18.3. The molecule has 0 radical (unpaired) electrons. The molecule has 0 spiro atoms. The molecule has 11 heteroatoms. The number of ether oxygens (including phenoxy) is 2. The van der Waals surface area contributed by atoms with Gasteiger partial charge in [0.05, 0.1) is 24.0 Å². The quantitative estimate of drug-likeness (QED) is 0.170. The van der Waals surface area contributed by atoms with Crippen LogP contribution in [0.15, 0.2) is 71.1 Å². The van der Waals surface area contributed by atoms with Crippen molar-refractivity contribution in [3.05, 3.63) is 87.8 Å². The minimum Gasteiger partial charge on any atom is -0.493 e. The summed E-state index contributed by atoms with van der Waals surface area (Å²) in [5.41, 5.74) is 7.24. The number of amides is 1. The third kappa shape index (κ3) is 6.87. The van der Waals surface area contributed by atoms with Crippen molar-refractivity contribution in [3.8, 4) is 22.8 Å². The molecule has 0 fully saturated rings. The van der Waals surface area contributed by atoms with Gasteiger partial charge in [0.25, 0.3) is 5.91 Å². The largest absolute Gasteiger partial charge is 0.493 e. The Hall–Kier alpha value is -4.41. The van der Waals surface area contributed by atoms with E-state index in [9.17, 15) is 9.59 Å². The Bertz CT molecular complexity index is 1470. The number of hydrogen-bond acceptors (Lipinski definition) is 8. The molecule has 0 unspecified atom stereocenters. The molecule has 0 saturated heterocycles. The lowest BCUT2D eigenvalue weighted by molar-refractivity contribution is -0.139. The van der Waals surface area contributed by atoms with Gasteiger partial charge in [0.2, 0.25) is 0 Å². The van der Waals surface area contributed by atoms with E-state index in [4.69, 9.17) is 26.2 Å². The molecular weight excluding hydrogens is 528 g/mol. The van der Waals surface area contributed by atoms with Gasteiger partial charge in [0.15, 0.2) is 23.2 Å². The Morgan fingerprint density at radius 3 is 2.55 bits per heavy atom. The molecule has 4 rings (SSSR count). The third-order valence-electron chi connectivity index (χ3n) is 5.22. The van der Waals surface area contributed by atoms with E-state index < -0.39 is 18.5 Å². The first-order valence-corrected chi connectivity index (χ1v) is 12.5. The van der Waals surface area contributed by atoms with E-state index in [-0.39, 0.29) is 16.5 Å². The van der Waals surface area contributed by atoms with Crippen molar-refractivity contribution in [1.82, 2.24) is 10.4 Å². The SMILES string of the molecule is COc1cc(/C=N\NC(=O)c2ccc(-c3csc(Nc4ccc(C)cc4)n3)cc2)cc(Cl)c1OCC(=O)O. The first-order valence-electron chi connectivity index (χ1n) is 11.3. The van der Waals surface area contributed by atoms with E-state index in [1.807, 2.05) is 48.7 Å². The molecule has 1 amide bonds. The molecule has 0 saturated carbocycles. The van der Waals surface area contributed by atoms with E-state index in [2.05, 4.69) is 20.8 Å². The van der Waals surface area contributed by atoms with Gasteiger partial charge in [-0.1, -0.05) is 41.4 Å². The Kier molecular flexibility index (Phi) is 8.57. The van der Waals surface area contributed by atoms with Crippen LogP contribution in [0.3, 0.4) is 0 Å². The second kappa shape index (κ2) is 12.2. The number of halogens is 1. The van der Waals surface area contributed by atoms with Crippen LogP contribution in [0.2, 0.25) is 5.02 Å². The van der Waals surface area contributed by atoms with Crippen LogP contribution < -0.4 is 20.2 Å². The normalized spacial score (nSPS) is 10.8. The Labute approximate surface area is 227 Å². The minimum atomic E-state index is -1.14. The molecule has 1 heterocycles. The first kappa shape index (κ1) is 26.6. The topological polar surface area (TPSA) is 122 Å². The number of nitrogens with zero attached hydrogens (tertiary/aromatic N) is 2. The van der Waals surface area contributed by atoms with Crippen LogP contribution in [0.5, 0.6) is 11.5 Å². The summed E-state index contributed by atoms with van der Waals surface area (Å²) < 4.78 is 10.4. The monoisotopic (exact) mass is 550 g/mol. The van der Waals surface area contributed by atoms with Crippen LogP contribution in [0.4, 0.5) is 10.8 Å². The predicted octanol–water partition coefficient (Wildman–Crippen LogP) is 5.75. The summed E-state index contributed by atoms with van der Waals surface area (Å²) in [6.07, 6.45) is 1.39. The highest BCUT2D eigenvalue weighted by Crippen LogP contribution is 2.36. The lowest BCUT2D eigenvalue weighted by Gasteiger charge is -2.11. The molecule has 3 aromatic carbocycles. The molecule has 0 aliphatic carbocycles. The molecule has 0 aliphatic rings. The summed E-state index contributed by atoms with van der Waals surface area (Å²) in [6, 6.07) is 18.2. The summed E-state index contributed by atoms with van der Waals surface area (Å²) in [5, 5.41) is 18.9. The second-order valence-corrected chi connectivity index (χ2v) is 9.29. The number of carbonyl (C=O) groups excluding carboxylic acids is 1. The maximum atomic E-state index is 12.5. The van der Waals surface area contributed by atoms with Crippen LogP contribution in [0.1, 0.15) is 21.5 Å². The Morgan fingerprint density at radius 2 is 1.87 bits per heavy atom. The van der Waals surface area contributed by atoms with Gasteiger partial charge in [-0.15, -0.1) is 11.3 Å². The molecular formula is C27H23ClN4O5S. The van der Waals surface area contributed by atoms with Crippen LogP contribution in [-0.2, 0) is 4.79 Å². The zero-order valence-corrected chi connectivity index (χ0v) is 22.0. The van der Waals surface area contributed by atoms with Crippen LogP contribution in [0, 0.1) is 6.92 Å². The van der Waals surface area contributed by atoms with Gasteiger partial charge in [0, 0.05) is 22.2 Å². The maximum Gasteiger partial charge on any atom is 0.341 e. The smallest absolute Gasteiger partial charge is 0.341 e. The number of methoxy groups -OCH3 is 1. The second-order valence-electron chi connectivity index (χ2n) is 8.02. The fourth-order valence-corrected chi connectivity index (χ4v) is 4.35. The van der Waals surface area contributed by atoms with Crippen molar-refractivity contribution in [2.75, 3.05) is 19.0 Å². The highest BCUT2D eigenvalue weighted by atomic mass is 35.5. The molecule has 4 aromatic rings. The summed E-state index contributed by atoms with van der Waals surface area (Å²) in [4.78, 5) is 27.9. The minimum absolute atomic E-state index is 0.107. The van der Waals surface area contributed by atoms with Gasteiger partial charge in [-0.05, 0) is 48.9 Å². The molecule has 3 N–H and O–H groups in total.